The summed E-state index contributed by atoms with van der Waals surface area (Å²) in [7, 11) is 0. The van der Waals surface area contributed by atoms with Crippen LogP contribution in [0.4, 0.5) is 0 Å². The highest BCUT2D eigenvalue weighted by molar-refractivity contribution is 4.60. The molecule has 0 aromatic heterocycles. The van der Waals surface area contributed by atoms with Crippen LogP contribution in [0.1, 0.15) is 219 Å². The topological polar surface area (TPSA) is 55.7 Å². The molecule has 0 spiro atoms. The highest BCUT2D eigenvalue weighted by Gasteiger charge is 2.08. The van der Waals surface area contributed by atoms with Crippen LogP contribution in [-0.4, -0.2) is 47.6 Å². The summed E-state index contributed by atoms with van der Waals surface area (Å²) in [5.41, 5.74) is 3.40. The van der Waals surface area contributed by atoms with Crippen LogP contribution < -0.4 is 5.43 Å². The van der Waals surface area contributed by atoms with Crippen LogP contribution in [0.2, 0.25) is 0 Å². The molecule has 0 aliphatic carbocycles. The van der Waals surface area contributed by atoms with Gasteiger partial charge in [0.05, 0.1) is 12.7 Å². The normalized spacial score (nSPS) is 12.5. The fraction of sp³-hybridized carbons (Fsp3) is 1.00. The van der Waals surface area contributed by atoms with Crippen molar-refractivity contribution in [2.45, 2.75) is 225 Å². The van der Waals surface area contributed by atoms with Crippen LogP contribution in [0.15, 0.2) is 0 Å². The first-order valence-electron chi connectivity index (χ1n) is 20.0. The van der Waals surface area contributed by atoms with E-state index in [1.54, 1.807) is 0 Å². The van der Waals surface area contributed by atoms with Crippen molar-refractivity contribution < 1.29 is 10.2 Å². The smallest absolute Gasteiger partial charge is 0.0908 e. The second-order valence-electron chi connectivity index (χ2n) is 13.8. The number of unbranched alkanes of at least 4 members (excludes halogenated alkanes) is 30. The number of aliphatic hydroxyl groups is 2. The van der Waals surface area contributed by atoms with Gasteiger partial charge in [0.1, 0.15) is 0 Å². The zero-order valence-corrected chi connectivity index (χ0v) is 29.9. The van der Waals surface area contributed by atoms with Crippen molar-refractivity contribution in [3.05, 3.63) is 0 Å². The molecule has 3 N–H and O–H groups in total. The maximum absolute atomic E-state index is 9.79. The first kappa shape index (κ1) is 42.8. The van der Waals surface area contributed by atoms with E-state index in [-0.39, 0.29) is 6.61 Å². The summed E-state index contributed by atoms with van der Waals surface area (Å²) in [6.07, 6.45) is 44.2. The molecule has 0 bridgehead atoms. The second kappa shape index (κ2) is 38.0. The highest BCUT2D eigenvalue weighted by Crippen LogP contribution is 2.15. The third kappa shape index (κ3) is 36.2. The molecule has 0 fully saturated rings. The van der Waals surface area contributed by atoms with E-state index in [9.17, 15) is 10.2 Å². The SMILES string of the molecule is CCCCCCCCCCCCCCCCCCN(CCCCCCCCCCCCCCCCCC)NCC(O)CO. The Morgan fingerprint density at radius 2 is 0.628 bits per heavy atom. The molecule has 0 aliphatic heterocycles. The van der Waals surface area contributed by atoms with E-state index in [1.165, 1.54) is 205 Å². The van der Waals surface area contributed by atoms with Gasteiger partial charge in [-0.15, -0.1) is 0 Å². The summed E-state index contributed by atoms with van der Waals surface area (Å²) in [5, 5.41) is 21.3. The molecule has 4 heteroatoms. The molecule has 0 saturated heterocycles. The van der Waals surface area contributed by atoms with Gasteiger partial charge in [-0.2, -0.15) is 0 Å². The summed E-state index contributed by atoms with van der Waals surface area (Å²) in [4.78, 5) is 0. The molecule has 43 heavy (non-hydrogen) atoms. The number of rotatable bonds is 38. The Morgan fingerprint density at radius 3 is 0.860 bits per heavy atom. The van der Waals surface area contributed by atoms with Crippen LogP contribution >= 0.6 is 0 Å². The molecule has 0 aromatic carbocycles. The van der Waals surface area contributed by atoms with E-state index >= 15 is 0 Å². The Labute approximate surface area is 271 Å². The van der Waals surface area contributed by atoms with Crippen LogP contribution in [0, 0.1) is 0 Å². The maximum atomic E-state index is 9.79. The summed E-state index contributed by atoms with van der Waals surface area (Å²) < 4.78 is 0. The standard InChI is InChI=1S/C39H82N2O2/c1-3-5-7-9-11-13-15-17-19-21-23-25-27-29-31-33-35-41(40-37-39(43)38-42)36-34-32-30-28-26-24-22-20-18-16-14-12-10-8-6-4-2/h39-40,42-43H,3-38H2,1-2H3. The zero-order chi connectivity index (χ0) is 31.3. The van der Waals surface area contributed by atoms with E-state index < -0.39 is 6.10 Å². The van der Waals surface area contributed by atoms with E-state index in [4.69, 9.17) is 0 Å². The number of aliphatic hydroxyl groups excluding tert-OH is 2. The van der Waals surface area contributed by atoms with Gasteiger partial charge in [0, 0.05) is 19.6 Å². The van der Waals surface area contributed by atoms with Gasteiger partial charge in [0.15, 0.2) is 0 Å². The number of nitrogens with zero attached hydrogens (tertiary/aromatic N) is 1. The average Bonchev–Trinajstić information content (AvgIpc) is 3.02. The maximum Gasteiger partial charge on any atom is 0.0908 e. The Bertz CT molecular complexity index is 454. The minimum absolute atomic E-state index is 0.168. The Hall–Kier alpha value is -0.160. The molecule has 0 rings (SSSR count). The fourth-order valence-corrected chi connectivity index (χ4v) is 6.27. The molecule has 1 unspecified atom stereocenters. The molecule has 0 saturated carbocycles. The number of nitrogens with one attached hydrogen (secondary N) is 1. The average molecular weight is 611 g/mol. The van der Waals surface area contributed by atoms with Crippen molar-refractivity contribution in [2.75, 3.05) is 26.2 Å². The molecule has 260 valence electrons. The van der Waals surface area contributed by atoms with E-state index in [0.717, 1.165) is 13.1 Å². The van der Waals surface area contributed by atoms with Crippen LogP contribution in [-0.2, 0) is 0 Å². The lowest BCUT2D eigenvalue weighted by Crippen LogP contribution is -2.44. The van der Waals surface area contributed by atoms with Crippen molar-refractivity contribution in [3.8, 4) is 0 Å². The molecule has 0 aromatic rings. The third-order valence-electron chi connectivity index (χ3n) is 9.32. The van der Waals surface area contributed by atoms with E-state index in [2.05, 4.69) is 24.3 Å². The van der Waals surface area contributed by atoms with Crippen LogP contribution in [0.3, 0.4) is 0 Å². The lowest BCUT2D eigenvalue weighted by atomic mass is 10.0. The Morgan fingerprint density at radius 1 is 0.395 bits per heavy atom. The predicted molar refractivity (Wildman–Crippen MR) is 192 cm³/mol. The largest absolute Gasteiger partial charge is 0.394 e. The minimum atomic E-state index is -0.668. The van der Waals surface area contributed by atoms with Crippen LogP contribution in [0.5, 0.6) is 0 Å². The van der Waals surface area contributed by atoms with Crippen molar-refractivity contribution in [1.29, 1.82) is 0 Å². The van der Waals surface area contributed by atoms with Gasteiger partial charge in [0.2, 0.25) is 0 Å². The quantitative estimate of drug-likeness (QED) is 0.0481. The van der Waals surface area contributed by atoms with Gasteiger partial charge in [0.25, 0.3) is 0 Å². The van der Waals surface area contributed by atoms with E-state index in [0.29, 0.717) is 6.54 Å². The van der Waals surface area contributed by atoms with Crippen molar-refractivity contribution in [3.63, 3.8) is 0 Å². The molecular formula is C39H82N2O2. The number of hydrogen-bond donors (Lipinski definition) is 3. The number of hydrazine groups is 1. The molecule has 0 heterocycles. The fourth-order valence-electron chi connectivity index (χ4n) is 6.27. The summed E-state index contributed by atoms with van der Waals surface area (Å²) >= 11 is 0. The summed E-state index contributed by atoms with van der Waals surface area (Å²) in [6.45, 7) is 6.98. The van der Waals surface area contributed by atoms with Gasteiger partial charge in [-0.1, -0.05) is 206 Å². The monoisotopic (exact) mass is 611 g/mol. The molecule has 4 nitrogen and oxygen atoms in total. The van der Waals surface area contributed by atoms with Crippen molar-refractivity contribution >= 4 is 0 Å². The highest BCUT2D eigenvalue weighted by atomic mass is 16.3. The summed E-state index contributed by atoms with van der Waals surface area (Å²) in [6, 6.07) is 0. The van der Waals surface area contributed by atoms with Gasteiger partial charge in [-0.25, -0.2) is 5.01 Å². The third-order valence-corrected chi connectivity index (χ3v) is 9.32. The van der Waals surface area contributed by atoms with E-state index in [1.807, 2.05) is 0 Å². The zero-order valence-electron chi connectivity index (χ0n) is 29.9. The van der Waals surface area contributed by atoms with Gasteiger partial charge in [-0.05, 0) is 12.8 Å². The molecule has 0 amide bonds. The van der Waals surface area contributed by atoms with Gasteiger partial charge >= 0.3 is 0 Å². The lowest BCUT2D eigenvalue weighted by molar-refractivity contribution is 0.0656. The second-order valence-corrected chi connectivity index (χ2v) is 13.8. The first-order valence-corrected chi connectivity index (χ1v) is 20.0. The minimum Gasteiger partial charge on any atom is -0.394 e. The lowest BCUT2D eigenvalue weighted by Gasteiger charge is -2.24. The van der Waals surface area contributed by atoms with Gasteiger partial charge < -0.3 is 10.2 Å². The Kier molecular flexibility index (Phi) is 37.9. The Balaban J connectivity index is 3.62. The predicted octanol–water partition coefficient (Wildman–Crippen LogP) is 11.7. The van der Waals surface area contributed by atoms with Crippen molar-refractivity contribution in [2.24, 2.45) is 0 Å². The molecule has 1 atom stereocenters. The van der Waals surface area contributed by atoms with Crippen LogP contribution in [0.25, 0.3) is 0 Å². The molecule has 0 radical (unpaired) electrons. The molecule has 0 aliphatic rings. The summed E-state index contributed by atoms with van der Waals surface area (Å²) in [5.74, 6) is 0. The van der Waals surface area contributed by atoms with Gasteiger partial charge in [-0.3, -0.25) is 5.43 Å². The molecular weight excluding hydrogens is 528 g/mol. The van der Waals surface area contributed by atoms with Crippen molar-refractivity contribution in [1.82, 2.24) is 10.4 Å². The first-order chi connectivity index (χ1) is 21.2. The number of hydrogen-bond acceptors (Lipinski definition) is 4.